The average Bonchev–Trinajstić information content (AvgIpc) is 2.55. The molecule has 0 spiro atoms. The minimum absolute atomic E-state index is 0. The van der Waals surface area contributed by atoms with E-state index in [1.54, 1.807) is 0 Å². The van der Waals surface area contributed by atoms with E-state index in [4.69, 9.17) is 11.8 Å². The Morgan fingerprint density at radius 1 is 1.08 bits per heavy atom. The van der Waals surface area contributed by atoms with Gasteiger partial charge in [-0.3, -0.25) is 0 Å². The molecule has 0 amide bonds. The Kier molecular flexibility index (Phi) is 4.95. The van der Waals surface area contributed by atoms with Crippen LogP contribution in [0, 0.1) is 11.8 Å². The Balaban J connectivity index is 0.000000378. The molecule has 0 N–H and O–H groups in total. The van der Waals surface area contributed by atoms with Gasteiger partial charge in [-0.25, -0.2) is 0 Å². The van der Waals surface area contributed by atoms with Gasteiger partial charge in [-0.05, 0) is 0 Å². The van der Waals surface area contributed by atoms with E-state index in [-0.39, 0.29) is 17.1 Å². The maximum atomic E-state index is 6.25. The molecule has 2 aromatic rings. The zero-order valence-electron chi connectivity index (χ0n) is 6.29. The van der Waals surface area contributed by atoms with Gasteiger partial charge in [-0.1, -0.05) is 6.07 Å². The van der Waals surface area contributed by atoms with Gasteiger partial charge in [0.25, 0.3) is 0 Å². The second kappa shape index (κ2) is 5.48. The molecule has 2 heteroatoms. The Morgan fingerprint density at radius 2 is 1.75 bits per heavy atom. The van der Waals surface area contributed by atoms with Crippen molar-refractivity contribution in [3.63, 3.8) is 0 Å². The molecule has 2 rings (SSSR count). The van der Waals surface area contributed by atoms with Crippen molar-refractivity contribution in [3.05, 3.63) is 49.0 Å². The predicted octanol–water partition coefficient (Wildman–Crippen LogP) is 2.65. The normalized spacial score (nSPS) is 7.83. The monoisotopic (exact) mass is 204 g/mol. The summed E-state index contributed by atoms with van der Waals surface area (Å²) in [4.78, 5) is 0. The quantitative estimate of drug-likeness (QED) is 0.478. The zero-order chi connectivity index (χ0) is 8.10. The van der Waals surface area contributed by atoms with E-state index < -0.39 is 0 Å². The molecule has 1 radical (unpaired) electrons. The number of nitrogens with zero attached hydrogens (tertiary/aromatic N) is 1. The van der Waals surface area contributed by atoms with E-state index >= 15 is 0 Å². The Hall–Kier alpha value is -1.16. The molecular formula is C10H7CuN. The minimum Gasteiger partial charge on any atom is -0.512 e. The van der Waals surface area contributed by atoms with Crippen LogP contribution >= 0.6 is 0 Å². The second-order valence-corrected chi connectivity index (χ2v) is 2.15. The van der Waals surface area contributed by atoms with Gasteiger partial charge in [0, 0.05) is 0 Å². The Bertz CT molecular complexity index is 318. The molecule has 63 valence electrons. The molecule has 0 fully saturated rings. The standard InChI is InChI=1S/C9H7.CN.Cu/c1-2-5-9-7-3-6-8(9)4-1;1-2;/h1-7H;;/q2*-1;+2. The summed E-state index contributed by atoms with van der Waals surface area (Å²) in [7, 11) is 0. The molecule has 0 bridgehead atoms. The topological polar surface area (TPSA) is 23.8 Å². The molecule has 12 heavy (non-hydrogen) atoms. The van der Waals surface area contributed by atoms with Gasteiger partial charge in [0.2, 0.25) is 0 Å². The second-order valence-electron chi connectivity index (χ2n) is 2.15. The van der Waals surface area contributed by atoms with Crippen molar-refractivity contribution < 1.29 is 17.1 Å². The van der Waals surface area contributed by atoms with Crippen LogP contribution in [0.4, 0.5) is 0 Å². The van der Waals surface area contributed by atoms with Crippen LogP contribution in [0.3, 0.4) is 0 Å². The molecule has 0 saturated heterocycles. The van der Waals surface area contributed by atoms with Crippen LogP contribution < -0.4 is 0 Å². The van der Waals surface area contributed by atoms with Crippen LogP contribution in [-0.4, -0.2) is 0 Å². The fourth-order valence-electron chi connectivity index (χ4n) is 1.07. The van der Waals surface area contributed by atoms with E-state index in [1.165, 1.54) is 10.8 Å². The third-order valence-electron chi connectivity index (χ3n) is 1.55. The van der Waals surface area contributed by atoms with E-state index in [2.05, 4.69) is 42.5 Å². The van der Waals surface area contributed by atoms with E-state index in [0.717, 1.165) is 0 Å². The van der Waals surface area contributed by atoms with Gasteiger partial charge >= 0.3 is 17.1 Å². The van der Waals surface area contributed by atoms with Gasteiger partial charge in [0.1, 0.15) is 0 Å². The van der Waals surface area contributed by atoms with Crippen molar-refractivity contribution in [2.24, 2.45) is 0 Å². The molecular weight excluding hydrogens is 198 g/mol. The van der Waals surface area contributed by atoms with Gasteiger partial charge in [-0.2, -0.15) is 17.5 Å². The summed E-state index contributed by atoms with van der Waals surface area (Å²) in [6.45, 7) is 4.75. The number of hydrogen-bond acceptors (Lipinski definition) is 1. The van der Waals surface area contributed by atoms with Crippen molar-refractivity contribution in [3.8, 4) is 0 Å². The summed E-state index contributed by atoms with van der Waals surface area (Å²) in [6.07, 6.45) is 0. The fourth-order valence-corrected chi connectivity index (χ4v) is 1.07. The van der Waals surface area contributed by atoms with Crippen molar-refractivity contribution >= 4 is 10.8 Å². The number of benzene rings is 1. The van der Waals surface area contributed by atoms with Crippen molar-refractivity contribution in [1.29, 1.82) is 5.26 Å². The largest absolute Gasteiger partial charge is 2.00 e. The van der Waals surface area contributed by atoms with E-state index in [0.29, 0.717) is 0 Å². The Morgan fingerprint density at radius 3 is 2.42 bits per heavy atom. The van der Waals surface area contributed by atoms with E-state index in [1.807, 2.05) is 0 Å². The van der Waals surface area contributed by atoms with Crippen molar-refractivity contribution in [2.75, 3.05) is 0 Å². The number of hydrogen-bond donors (Lipinski definition) is 0. The van der Waals surface area contributed by atoms with Gasteiger partial charge in [-0.15, -0.1) is 29.7 Å². The maximum absolute atomic E-state index is 6.25. The molecule has 0 heterocycles. The molecule has 0 unspecified atom stereocenters. The van der Waals surface area contributed by atoms with Crippen molar-refractivity contribution in [2.45, 2.75) is 0 Å². The summed E-state index contributed by atoms with van der Waals surface area (Å²) in [5.41, 5.74) is 0. The smallest absolute Gasteiger partial charge is 0.512 e. The molecule has 0 aliphatic rings. The zero-order valence-corrected chi connectivity index (χ0v) is 7.23. The Labute approximate surface area is 82.5 Å². The summed E-state index contributed by atoms with van der Waals surface area (Å²) >= 11 is 0. The number of fused-ring (bicyclic) bond motifs is 1. The first-order chi connectivity index (χ1) is 5.47. The fraction of sp³-hybridized carbons (Fsp3) is 0. The van der Waals surface area contributed by atoms with Crippen LogP contribution in [0.25, 0.3) is 10.8 Å². The SMILES string of the molecule is [C-]#N.[Cu+2].c1ccc2[cH-]ccc2c1. The third-order valence-corrected chi connectivity index (χ3v) is 1.55. The summed E-state index contributed by atoms with van der Waals surface area (Å²) < 4.78 is 0. The van der Waals surface area contributed by atoms with Crippen molar-refractivity contribution in [1.82, 2.24) is 0 Å². The predicted molar refractivity (Wildman–Crippen MR) is 44.5 cm³/mol. The van der Waals surface area contributed by atoms with Crippen LogP contribution in [0.15, 0.2) is 42.5 Å². The third kappa shape index (κ3) is 2.17. The molecule has 0 atom stereocenters. The summed E-state index contributed by atoms with van der Waals surface area (Å²) in [5.74, 6) is 0. The minimum atomic E-state index is 0. The van der Waals surface area contributed by atoms with Gasteiger partial charge < -0.3 is 11.8 Å². The molecule has 0 aromatic heterocycles. The molecule has 1 nitrogen and oxygen atoms in total. The van der Waals surface area contributed by atoms with Crippen LogP contribution in [-0.2, 0) is 17.1 Å². The first-order valence-electron chi connectivity index (χ1n) is 3.29. The average molecular weight is 205 g/mol. The van der Waals surface area contributed by atoms with Crippen LogP contribution in [0.1, 0.15) is 0 Å². The number of rotatable bonds is 0. The van der Waals surface area contributed by atoms with Gasteiger partial charge in [0.05, 0.1) is 0 Å². The van der Waals surface area contributed by atoms with Crippen LogP contribution in [0.5, 0.6) is 0 Å². The molecule has 0 saturated carbocycles. The first kappa shape index (κ1) is 10.8. The van der Waals surface area contributed by atoms with Gasteiger partial charge in [0.15, 0.2) is 0 Å². The molecule has 0 aliphatic heterocycles. The molecule has 2 aromatic carbocycles. The summed E-state index contributed by atoms with van der Waals surface area (Å²) in [6, 6.07) is 14.7. The maximum Gasteiger partial charge on any atom is 2.00 e. The van der Waals surface area contributed by atoms with Crippen LogP contribution in [0.2, 0.25) is 0 Å². The van der Waals surface area contributed by atoms with E-state index in [9.17, 15) is 0 Å². The summed E-state index contributed by atoms with van der Waals surface area (Å²) in [5, 5.41) is 8.91. The molecule has 0 aliphatic carbocycles. The first-order valence-corrected chi connectivity index (χ1v) is 3.29.